The second-order valence-corrected chi connectivity index (χ2v) is 9.55. The Morgan fingerprint density at radius 3 is 2.62 bits per heavy atom. The summed E-state index contributed by atoms with van der Waals surface area (Å²) in [5.74, 6) is 0.716. The van der Waals surface area contributed by atoms with Gasteiger partial charge in [0.15, 0.2) is 0 Å². The maximum atomic E-state index is 13.0. The molecule has 0 aromatic heterocycles. The Morgan fingerprint density at radius 2 is 1.83 bits per heavy atom. The Balaban J connectivity index is 1.45. The van der Waals surface area contributed by atoms with E-state index in [9.17, 15) is 13.2 Å². The molecule has 154 valence electrons. The van der Waals surface area contributed by atoms with Gasteiger partial charge in [0.05, 0.1) is 17.9 Å². The molecule has 1 amide bonds. The molecular weight excluding hydrogens is 388 g/mol. The fraction of sp³-hybridized carbons (Fsp3) is 0.409. The van der Waals surface area contributed by atoms with E-state index in [4.69, 9.17) is 4.74 Å². The lowest BCUT2D eigenvalue weighted by molar-refractivity contribution is -0.115. The monoisotopic (exact) mass is 414 g/mol. The summed E-state index contributed by atoms with van der Waals surface area (Å²) in [5.41, 5.74) is 2.54. The fourth-order valence-corrected chi connectivity index (χ4v) is 5.47. The molecule has 2 aromatic carbocycles. The number of carbonyl (C=O) groups excluding carboxylic acids is 1. The summed E-state index contributed by atoms with van der Waals surface area (Å²) < 4.78 is 33.0. The molecule has 0 saturated carbocycles. The maximum absolute atomic E-state index is 13.0. The Bertz CT molecular complexity index is 996. The third-order valence-corrected chi connectivity index (χ3v) is 7.33. The molecule has 0 spiro atoms. The lowest BCUT2D eigenvalue weighted by atomic mass is 10.1. The van der Waals surface area contributed by atoms with Gasteiger partial charge >= 0.3 is 0 Å². The highest BCUT2D eigenvalue weighted by atomic mass is 32.2. The van der Waals surface area contributed by atoms with E-state index in [0.29, 0.717) is 25.4 Å². The van der Waals surface area contributed by atoms with Gasteiger partial charge in [-0.25, -0.2) is 8.42 Å². The topological polar surface area (TPSA) is 75.7 Å². The number of benzene rings is 2. The van der Waals surface area contributed by atoms with Crippen LogP contribution in [0.25, 0.3) is 0 Å². The van der Waals surface area contributed by atoms with Crippen LogP contribution in [0.4, 0.5) is 5.69 Å². The molecule has 2 aromatic rings. The van der Waals surface area contributed by atoms with Gasteiger partial charge in [-0.15, -0.1) is 0 Å². The molecule has 1 saturated heterocycles. The zero-order valence-electron chi connectivity index (χ0n) is 16.4. The highest BCUT2D eigenvalue weighted by Crippen LogP contribution is 2.26. The zero-order chi connectivity index (χ0) is 20.3. The van der Waals surface area contributed by atoms with Crippen molar-refractivity contribution in [2.24, 2.45) is 0 Å². The van der Waals surface area contributed by atoms with Crippen molar-refractivity contribution in [3.05, 3.63) is 53.6 Å². The largest absolute Gasteiger partial charge is 0.493 e. The van der Waals surface area contributed by atoms with E-state index < -0.39 is 10.0 Å². The minimum Gasteiger partial charge on any atom is -0.493 e. The summed E-state index contributed by atoms with van der Waals surface area (Å²) in [6.07, 6.45) is 5.01. The first kappa shape index (κ1) is 19.9. The molecule has 1 N–H and O–H groups in total. The molecule has 0 radical (unpaired) electrons. The molecule has 0 atom stereocenters. The molecule has 1 fully saturated rings. The number of amides is 1. The number of carbonyl (C=O) groups is 1. The van der Waals surface area contributed by atoms with Crippen molar-refractivity contribution in [1.82, 2.24) is 4.31 Å². The summed E-state index contributed by atoms with van der Waals surface area (Å²) in [6.45, 7) is 1.80. The van der Waals surface area contributed by atoms with Gasteiger partial charge in [-0.3, -0.25) is 4.79 Å². The number of sulfonamides is 1. The minimum absolute atomic E-state index is 0.173. The summed E-state index contributed by atoms with van der Waals surface area (Å²) in [7, 11) is -3.54. The molecule has 4 rings (SSSR count). The average molecular weight is 415 g/mol. The van der Waals surface area contributed by atoms with Crippen LogP contribution < -0.4 is 10.1 Å². The van der Waals surface area contributed by atoms with Crippen molar-refractivity contribution in [2.75, 3.05) is 25.0 Å². The molecule has 6 nitrogen and oxygen atoms in total. The summed E-state index contributed by atoms with van der Waals surface area (Å²) >= 11 is 0. The fourth-order valence-electron chi connectivity index (χ4n) is 3.91. The minimum atomic E-state index is -3.54. The normalized spacial score (nSPS) is 17.2. The average Bonchev–Trinajstić information content (AvgIpc) is 2.98. The van der Waals surface area contributed by atoms with Crippen molar-refractivity contribution in [2.45, 2.75) is 43.4 Å². The van der Waals surface area contributed by atoms with Gasteiger partial charge < -0.3 is 10.1 Å². The van der Waals surface area contributed by atoms with Crippen LogP contribution >= 0.6 is 0 Å². The van der Waals surface area contributed by atoms with Crippen molar-refractivity contribution >= 4 is 21.6 Å². The van der Waals surface area contributed by atoms with Crippen molar-refractivity contribution in [3.8, 4) is 5.75 Å². The van der Waals surface area contributed by atoms with Crippen LogP contribution in [0.1, 0.15) is 36.8 Å². The Hall–Kier alpha value is -2.38. The lowest BCUT2D eigenvalue weighted by Crippen LogP contribution is -2.32. The van der Waals surface area contributed by atoms with Crippen molar-refractivity contribution in [1.29, 1.82) is 0 Å². The van der Waals surface area contributed by atoms with E-state index in [-0.39, 0.29) is 17.2 Å². The van der Waals surface area contributed by atoms with E-state index in [1.165, 1.54) is 0 Å². The molecule has 29 heavy (non-hydrogen) atoms. The van der Waals surface area contributed by atoms with E-state index in [1.54, 1.807) is 28.6 Å². The molecule has 2 heterocycles. The van der Waals surface area contributed by atoms with Gasteiger partial charge in [-0.2, -0.15) is 4.31 Å². The Morgan fingerprint density at radius 1 is 1.03 bits per heavy atom. The number of anilines is 1. The van der Waals surface area contributed by atoms with Crippen LogP contribution in [-0.2, 0) is 27.7 Å². The Kier molecular flexibility index (Phi) is 5.87. The number of rotatable bonds is 5. The first-order valence-electron chi connectivity index (χ1n) is 10.2. The highest BCUT2D eigenvalue weighted by molar-refractivity contribution is 7.89. The van der Waals surface area contributed by atoms with E-state index in [1.807, 2.05) is 18.2 Å². The molecule has 7 heteroatoms. The summed E-state index contributed by atoms with van der Waals surface area (Å²) in [6, 6.07) is 12.3. The molecule has 2 aliphatic heterocycles. The second kappa shape index (κ2) is 8.55. The van der Waals surface area contributed by atoms with Gasteiger partial charge in [0.1, 0.15) is 5.75 Å². The van der Waals surface area contributed by atoms with Crippen LogP contribution in [0.15, 0.2) is 47.4 Å². The van der Waals surface area contributed by atoms with Gasteiger partial charge in [-0.05, 0) is 48.2 Å². The highest BCUT2D eigenvalue weighted by Gasteiger charge is 2.25. The van der Waals surface area contributed by atoms with E-state index >= 15 is 0 Å². The molecule has 0 aliphatic carbocycles. The molecular formula is C22H26N2O4S. The Labute approximate surface area is 171 Å². The van der Waals surface area contributed by atoms with Crippen LogP contribution in [0.5, 0.6) is 5.75 Å². The van der Waals surface area contributed by atoms with Crippen molar-refractivity contribution in [3.63, 3.8) is 0 Å². The lowest BCUT2D eigenvalue weighted by Gasteiger charge is -2.20. The maximum Gasteiger partial charge on any atom is 0.243 e. The number of hydrogen-bond acceptors (Lipinski definition) is 4. The van der Waals surface area contributed by atoms with Gasteiger partial charge in [0.25, 0.3) is 0 Å². The molecule has 0 bridgehead atoms. The number of hydrogen-bond donors (Lipinski definition) is 1. The van der Waals surface area contributed by atoms with E-state index in [2.05, 4.69) is 5.32 Å². The van der Waals surface area contributed by atoms with Crippen LogP contribution in [0, 0.1) is 0 Å². The van der Waals surface area contributed by atoms with Crippen LogP contribution in [-0.4, -0.2) is 38.3 Å². The third-order valence-electron chi connectivity index (χ3n) is 5.44. The predicted molar refractivity (Wildman–Crippen MR) is 112 cm³/mol. The standard InChI is InChI=1S/C22H26N2O4S/c25-22(15-17-8-9-21-18(14-17)10-13-28-21)23-19-6-5-7-20(16-19)29(26,27)24-11-3-1-2-4-12-24/h5-9,14,16H,1-4,10-13,15H2,(H,23,25). The van der Waals surface area contributed by atoms with Crippen molar-refractivity contribution < 1.29 is 17.9 Å². The summed E-state index contributed by atoms with van der Waals surface area (Å²) in [5, 5.41) is 2.83. The zero-order valence-corrected chi connectivity index (χ0v) is 17.2. The number of nitrogens with one attached hydrogen (secondary N) is 1. The first-order valence-corrected chi connectivity index (χ1v) is 11.6. The second-order valence-electron chi connectivity index (χ2n) is 7.61. The SMILES string of the molecule is O=C(Cc1ccc2c(c1)CCO2)Nc1cccc(S(=O)(=O)N2CCCCCC2)c1. The predicted octanol–water partition coefficient (Wildman–Crippen LogP) is 3.37. The van der Waals surface area contributed by atoms with Gasteiger partial charge in [0, 0.05) is 25.2 Å². The quantitative estimate of drug-likeness (QED) is 0.814. The van der Waals surface area contributed by atoms with Crippen LogP contribution in [0.3, 0.4) is 0 Å². The number of nitrogens with zero attached hydrogens (tertiary/aromatic N) is 1. The van der Waals surface area contributed by atoms with Gasteiger partial charge in [0.2, 0.25) is 15.9 Å². The first-order chi connectivity index (χ1) is 14.0. The number of fused-ring (bicyclic) bond motifs is 1. The summed E-state index contributed by atoms with van der Waals surface area (Å²) in [4.78, 5) is 12.7. The third kappa shape index (κ3) is 4.62. The molecule has 2 aliphatic rings. The molecule has 0 unspecified atom stereocenters. The smallest absolute Gasteiger partial charge is 0.243 e. The van der Waals surface area contributed by atoms with Gasteiger partial charge in [-0.1, -0.05) is 31.0 Å². The number of ether oxygens (including phenoxy) is 1. The van der Waals surface area contributed by atoms with E-state index in [0.717, 1.165) is 49.0 Å². The van der Waals surface area contributed by atoms with Crippen LogP contribution in [0.2, 0.25) is 0 Å².